The van der Waals surface area contributed by atoms with Gasteiger partial charge in [0.25, 0.3) is 0 Å². The first-order valence-electron chi connectivity index (χ1n) is 6.93. The van der Waals surface area contributed by atoms with E-state index in [-0.39, 0.29) is 6.04 Å². The zero-order valence-electron chi connectivity index (χ0n) is 11.4. The van der Waals surface area contributed by atoms with Gasteiger partial charge in [0.15, 0.2) is 0 Å². The lowest BCUT2D eigenvalue weighted by molar-refractivity contribution is 0.579. The molecule has 1 heterocycles. The lowest BCUT2D eigenvalue weighted by atomic mass is 10.1. The number of thiophene rings is 1. The third kappa shape index (κ3) is 2.89. The van der Waals surface area contributed by atoms with Gasteiger partial charge in [0.2, 0.25) is 0 Å². The predicted molar refractivity (Wildman–Crippen MR) is 88.1 cm³/mol. The standard InChI is InChI=1S/C16H17Cl2NS/c1-10(13-5-3-6-14(17)16(13)18)19-9-12-8-11-4-2-7-15(11)20-12/h3,5-6,8,10,19H,2,4,7,9H2,1H3. The van der Waals surface area contributed by atoms with Crippen LogP contribution >= 0.6 is 34.5 Å². The third-order valence-corrected chi connectivity index (χ3v) is 5.90. The highest BCUT2D eigenvalue weighted by Crippen LogP contribution is 2.32. The van der Waals surface area contributed by atoms with Crippen molar-refractivity contribution in [2.75, 3.05) is 0 Å². The second-order valence-corrected chi connectivity index (χ2v) is 7.27. The molecule has 1 aliphatic carbocycles. The van der Waals surface area contributed by atoms with Gasteiger partial charge in [-0.25, -0.2) is 0 Å². The van der Waals surface area contributed by atoms with Crippen molar-refractivity contribution in [1.82, 2.24) is 5.32 Å². The van der Waals surface area contributed by atoms with E-state index in [4.69, 9.17) is 23.2 Å². The van der Waals surface area contributed by atoms with E-state index < -0.39 is 0 Å². The quantitative estimate of drug-likeness (QED) is 0.794. The molecule has 3 rings (SSSR count). The molecular weight excluding hydrogens is 309 g/mol. The van der Waals surface area contributed by atoms with Crippen molar-refractivity contribution in [2.24, 2.45) is 0 Å². The summed E-state index contributed by atoms with van der Waals surface area (Å²) in [5.41, 5.74) is 2.61. The van der Waals surface area contributed by atoms with Crippen molar-refractivity contribution in [3.63, 3.8) is 0 Å². The molecule has 0 bridgehead atoms. The molecule has 0 aliphatic heterocycles. The van der Waals surface area contributed by atoms with Crippen LogP contribution in [0.5, 0.6) is 0 Å². The normalized spacial score (nSPS) is 15.3. The largest absolute Gasteiger partial charge is 0.305 e. The molecule has 0 saturated carbocycles. The number of nitrogens with one attached hydrogen (secondary N) is 1. The van der Waals surface area contributed by atoms with Crippen molar-refractivity contribution in [1.29, 1.82) is 0 Å². The summed E-state index contributed by atoms with van der Waals surface area (Å²) < 4.78 is 0. The molecule has 1 N–H and O–H groups in total. The number of halogens is 2. The van der Waals surface area contributed by atoms with E-state index in [1.807, 2.05) is 29.5 Å². The second-order valence-electron chi connectivity index (χ2n) is 5.26. The minimum atomic E-state index is 0.193. The van der Waals surface area contributed by atoms with Crippen LogP contribution in [0.3, 0.4) is 0 Å². The van der Waals surface area contributed by atoms with Crippen LogP contribution in [0.15, 0.2) is 24.3 Å². The van der Waals surface area contributed by atoms with Gasteiger partial charge in [0.1, 0.15) is 0 Å². The fourth-order valence-electron chi connectivity index (χ4n) is 2.70. The predicted octanol–water partition coefficient (Wildman–Crippen LogP) is 5.39. The maximum absolute atomic E-state index is 6.26. The Balaban J connectivity index is 1.66. The highest BCUT2D eigenvalue weighted by molar-refractivity contribution is 7.12. The summed E-state index contributed by atoms with van der Waals surface area (Å²) in [6.45, 7) is 3.01. The van der Waals surface area contributed by atoms with Gasteiger partial charge in [-0.1, -0.05) is 35.3 Å². The van der Waals surface area contributed by atoms with E-state index >= 15 is 0 Å². The number of rotatable bonds is 4. The summed E-state index contributed by atoms with van der Waals surface area (Å²) in [5.74, 6) is 0. The number of hydrogen-bond donors (Lipinski definition) is 1. The number of aryl methyl sites for hydroxylation is 2. The Bertz CT molecular complexity index is 599. The molecule has 1 aliphatic rings. The zero-order valence-corrected chi connectivity index (χ0v) is 13.7. The molecule has 106 valence electrons. The number of fused-ring (bicyclic) bond motifs is 1. The molecule has 0 saturated heterocycles. The molecule has 2 aromatic rings. The van der Waals surface area contributed by atoms with Crippen LogP contribution in [-0.2, 0) is 19.4 Å². The van der Waals surface area contributed by atoms with Crippen LogP contribution in [0, 0.1) is 0 Å². The SMILES string of the molecule is CC(NCc1cc2c(s1)CCC2)c1cccc(Cl)c1Cl. The third-order valence-electron chi connectivity index (χ3n) is 3.83. The van der Waals surface area contributed by atoms with Gasteiger partial charge in [0.05, 0.1) is 10.0 Å². The Morgan fingerprint density at radius 2 is 2.15 bits per heavy atom. The lowest BCUT2D eigenvalue weighted by Gasteiger charge is -2.15. The van der Waals surface area contributed by atoms with Gasteiger partial charge < -0.3 is 5.32 Å². The monoisotopic (exact) mass is 325 g/mol. The van der Waals surface area contributed by atoms with E-state index in [1.165, 1.54) is 24.1 Å². The first-order chi connectivity index (χ1) is 9.65. The van der Waals surface area contributed by atoms with Crippen molar-refractivity contribution in [2.45, 2.75) is 38.8 Å². The summed E-state index contributed by atoms with van der Waals surface area (Å²) in [4.78, 5) is 3.00. The molecule has 4 heteroatoms. The van der Waals surface area contributed by atoms with Crippen LogP contribution in [0.2, 0.25) is 10.0 Å². The second kappa shape index (κ2) is 6.07. The molecular formula is C16H17Cl2NS. The Morgan fingerprint density at radius 3 is 2.95 bits per heavy atom. The topological polar surface area (TPSA) is 12.0 Å². The molecule has 1 atom stereocenters. The maximum atomic E-state index is 6.26. The summed E-state index contributed by atoms with van der Waals surface area (Å²) in [6.07, 6.45) is 3.83. The average molecular weight is 326 g/mol. The molecule has 1 unspecified atom stereocenters. The first-order valence-corrected chi connectivity index (χ1v) is 8.50. The van der Waals surface area contributed by atoms with Crippen molar-refractivity contribution in [3.8, 4) is 0 Å². The van der Waals surface area contributed by atoms with Gasteiger partial charge in [-0.15, -0.1) is 11.3 Å². The van der Waals surface area contributed by atoms with Crippen LogP contribution in [0.25, 0.3) is 0 Å². The summed E-state index contributed by atoms with van der Waals surface area (Å²) in [5, 5.41) is 4.81. The average Bonchev–Trinajstić information content (AvgIpc) is 3.00. The van der Waals surface area contributed by atoms with E-state index in [1.54, 1.807) is 10.4 Å². The Labute approximate surface area is 133 Å². The van der Waals surface area contributed by atoms with Gasteiger partial charge in [-0.3, -0.25) is 0 Å². The molecule has 0 spiro atoms. The number of hydrogen-bond acceptors (Lipinski definition) is 2. The molecule has 20 heavy (non-hydrogen) atoms. The van der Waals surface area contributed by atoms with Crippen molar-refractivity contribution in [3.05, 3.63) is 55.2 Å². The van der Waals surface area contributed by atoms with Gasteiger partial charge in [-0.2, -0.15) is 0 Å². The van der Waals surface area contributed by atoms with E-state index in [0.29, 0.717) is 10.0 Å². The lowest BCUT2D eigenvalue weighted by Crippen LogP contribution is -2.17. The van der Waals surface area contributed by atoms with E-state index in [0.717, 1.165) is 12.1 Å². The van der Waals surface area contributed by atoms with Crippen LogP contribution in [0.4, 0.5) is 0 Å². The van der Waals surface area contributed by atoms with Crippen molar-refractivity contribution < 1.29 is 0 Å². The molecule has 1 aromatic carbocycles. The molecule has 0 fully saturated rings. The minimum Gasteiger partial charge on any atom is -0.305 e. The maximum Gasteiger partial charge on any atom is 0.0639 e. The Kier molecular flexibility index (Phi) is 4.37. The molecule has 1 nitrogen and oxygen atoms in total. The van der Waals surface area contributed by atoms with E-state index in [2.05, 4.69) is 18.3 Å². The van der Waals surface area contributed by atoms with Gasteiger partial charge in [-0.05, 0) is 49.4 Å². The molecule has 0 amide bonds. The minimum absolute atomic E-state index is 0.193. The molecule has 1 aromatic heterocycles. The van der Waals surface area contributed by atoms with Crippen LogP contribution < -0.4 is 5.32 Å². The van der Waals surface area contributed by atoms with Gasteiger partial charge in [0, 0.05) is 22.3 Å². The number of benzene rings is 1. The van der Waals surface area contributed by atoms with Crippen LogP contribution in [0.1, 0.15) is 40.3 Å². The Hall–Kier alpha value is -0.540. The first kappa shape index (κ1) is 14.4. The fourth-order valence-corrected chi connectivity index (χ4v) is 4.38. The fraction of sp³-hybridized carbons (Fsp3) is 0.375. The summed E-state index contributed by atoms with van der Waals surface area (Å²) >= 11 is 14.3. The van der Waals surface area contributed by atoms with Crippen LogP contribution in [-0.4, -0.2) is 0 Å². The van der Waals surface area contributed by atoms with E-state index in [9.17, 15) is 0 Å². The zero-order chi connectivity index (χ0) is 14.1. The highest BCUT2D eigenvalue weighted by atomic mass is 35.5. The smallest absolute Gasteiger partial charge is 0.0639 e. The highest BCUT2D eigenvalue weighted by Gasteiger charge is 2.16. The summed E-state index contributed by atoms with van der Waals surface area (Å²) in [7, 11) is 0. The Morgan fingerprint density at radius 1 is 1.30 bits per heavy atom. The van der Waals surface area contributed by atoms with Gasteiger partial charge >= 0.3 is 0 Å². The van der Waals surface area contributed by atoms with Crippen molar-refractivity contribution >= 4 is 34.5 Å². The summed E-state index contributed by atoms with van der Waals surface area (Å²) in [6, 6.07) is 8.34. The molecule has 0 radical (unpaired) electrons.